The van der Waals surface area contributed by atoms with Gasteiger partial charge in [0.05, 0.1) is 0 Å². The molecule has 0 aromatic heterocycles. The molecule has 0 aliphatic rings. The number of amides is 1. The largest absolute Gasteiger partial charge is 0.396 e. The summed E-state index contributed by atoms with van der Waals surface area (Å²) in [5, 5.41) is 11.6. The zero-order chi connectivity index (χ0) is 13.4. The summed E-state index contributed by atoms with van der Waals surface area (Å²) in [6.07, 6.45) is 4.84. The standard InChI is InChI=1S/C15H21NO2/c1-12-5-7-14(8-6-12)9-10-15(18)16-13(2)4-3-11-17/h5-10,13,17H,3-4,11H2,1-2H3,(H,16,18). The SMILES string of the molecule is Cc1ccc(C=CC(=O)NC(C)CCCO)cc1. The van der Waals surface area contributed by atoms with Crippen LogP contribution in [0.1, 0.15) is 30.9 Å². The average molecular weight is 247 g/mol. The summed E-state index contributed by atoms with van der Waals surface area (Å²) in [7, 11) is 0. The molecule has 1 rings (SSSR count). The molecule has 0 heterocycles. The number of nitrogens with one attached hydrogen (secondary N) is 1. The molecule has 18 heavy (non-hydrogen) atoms. The van der Waals surface area contributed by atoms with Crippen LogP contribution in [0.2, 0.25) is 0 Å². The summed E-state index contributed by atoms with van der Waals surface area (Å²) < 4.78 is 0. The third-order valence-corrected chi connectivity index (χ3v) is 2.69. The van der Waals surface area contributed by atoms with Gasteiger partial charge < -0.3 is 10.4 Å². The van der Waals surface area contributed by atoms with Crippen molar-refractivity contribution in [1.29, 1.82) is 0 Å². The fourth-order valence-corrected chi connectivity index (χ4v) is 1.61. The van der Waals surface area contributed by atoms with Crippen molar-refractivity contribution in [2.75, 3.05) is 6.61 Å². The number of carbonyl (C=O) groups excluding carboxylic acids is 1. The Bertz CT molecular complexity index is 395. The second-order valence-corrected chi connectivity index (χ2v) is 4.52. The Morgan fingerprint density at radius 3 is 2.67 bits per heavy atom. The molecular formula is C15H21NO2. The van der Waals surface area contributed by atoms with Crippen molar-refractivity contribution in [3.05, 3.63) is 41.5 Å². The minimum atomic E-state index is -0.0963. The molecule has 3 heteroatoms. The van der Waals surface area contributed by atoms with E-state index in [1.807, 2.05) is 38.1 Å². The fourth-order valence-electron chi connectivity index (χ4n) is 1.61. The van der Waals surface area contributed by atoms with Crippen LogP contribution in [-0.4, -0.2) is 23.7 Å². The van der Waals surface area contributed by atoms with E-state index >= 15 is 0 Å². The summed E-state index contributed by atoms with van der Waals surface area (Å²) in [4.78, 5) is 11.6. The topological polar surface area (TPSA) is 49.3 Å². The molecule has 0 radical (unpaired) electrons. The van der Waals surface area contributed by atoms with E-state index in [1.54, 1.807) is 12.2 Å². The fraction of sp³-hybridized carbons (Fsp3) is 0.400. The minimum absolute atomic E-state index is 0.0901. The van der Waals surface area contributed by atoms with E-state index in [-0.39, 0.29) is 18.6 Å². The molecular weight excluding hydrogens is 226 g/mol. The number of benzene rings is 1. The van der Waals surface area contributed by atoms with Gasteiger partial charge in [0.25, 0.3) is 0 Å². The quantitative estimate of drug-likeness (QED) is 0.758. The van der Waals surface area contributed by atoms with E-state index in [9.17, 15) is 4.79 Å². The molecule has 3 nitrogen and oxygen atoms in total. The summed E-state index contributed by atoms with van der Waals surface area (Å²) in [6, 6.07) is 8.08. The lowest BCUT2D eigenvalue weighted by atomic mass is 10.1. The van der Waals surface area contributed by atoms with Crippen LogP contribution < -0.4 is 5.32 Å². The molecule has 0 saturated heterocycles. The van der Waals surface area contributed by atoms with Crippen LogP contribution in [0.4, 0.5) is 0 Å². The van der Waals surface area contributed by atoms with Crippen LogP contribution in [-0.2, 0) is 4.79 Å². The predicted octanol–water partition coefficient (Wildman–Crippen LogP) is 2.29. The van der Waals surface area contributed by atoms with E-state index in [2.05, 4.69) is 5.32 Å². The van der Waals surface area contributed by atoms with Gasteiger partial charge in [0.1, 0.15) is 0 Å². The maximum absolute atomic E-state index is 11.6. The van der Waals surface area contributed by atoms with Crippen molar-refractivity contribution in [1.82, 2.24) is 5.32 Å². The van der Waals surface area contributed by atoms with Crippen molar-refractivity contribution < 1.29 is 9.90 Å². The monoisotopic (exact) mass is 247 g/mol. The highest BCUT2D eigenvalue weighted by Gasteiger charge is 2.03. The number of rotatable bonds is 6. The zero-order valence-corrected chi connectivity index (χ0v) is 11.0. The van der Waals surface area contributed by atoms with Gasteiger partial charge in [0.2, 0.25) is 5.91 Å². The molecule has 98 valence electrons. The molecule has 1 aromatic carbocycles. The lowest BCUT2D eigenvalue weighted by molar-refractivity contribution is -0.117. The normalized spacial score (nSPS) is 12.6. The summed E-state index contributed by atoms with van der Waals surface area (Å²) in [6.45, 7) is 4.13. The lowest BCUT2D eigenvalue weighted by Gasteiger charge is -2.10. The maximum Gasteiger partial charge on any atom is 0.244 e. The molecule has 0 fully saturated rings. The first kappa shape index (κ1) is 14.5. The number of aliphatic hydroxyl groups excluding tert-OH is 1. The Morgan fingerprint density at radius 2 is 2.06 bits per heavy atom. The highest BCUT2D eigenvalue weighted by Crippen LogP contribution is 2.05. The van der Waals surface area contributed by atoms with E-state index in [1.165, 1.54) is 5.56 Å². The van der Waals surface area contributed by atoms with Gasteiger partial charge in [-0.2, -0.15) is 0 Å². The summed E-state index contributed by atoms with van der Waals surface area (Å²) in [5.41, 5.74) is 2.22. The average Bonchev–Trinajstić information content (AvgIpc) is 2.35. The molecule has 0 saturated carbocycles. The summed E-state index contributed by atoms with van der Waals surface area (Å²) >= 11 is 0. The number of hydrogen-bond acceptors (Lipinski definition) is 2. The van der Waals surface area contributed by atoms with Gasteiger partial charge in [-0.15, -0.1) is 0 Å². The first-order valence-corrected chi connectivity index (χ1v) is 6.28. The lowest BCUT2D eigenvalue weighted by Crippen LogP contribution is -2.31. The van der Waals surface area contributed by atoms with Crippen molar-refractivity contribution in [2.45, 2.75) is 32.7 Å². The molecule has 0 aliphatic heterocycles. The van der Waals surface area contributed by atoms with Gasteiger partial charge in [-0.3, -0.25) is 4.79 Å². The van der Waals surface area contributed by atoms with Crippen molar-refractivity contribution in [3.8, 4) is 0 Å². The molecule has 0 bridgehead atoms. The minimum Gasteiger partial charge on any atom is -0.396 e. The smallest absolute Gasteiger partial charge is 0.244 e. The van der Waals surface area contributed by atoms with E-state index in [0.29, 0.717) is 6.42 Å². The molecule has 0 spiro atoms. The maximum atomic E-state index is 11.6. The molecule has 1 amide bonds. The van der Waals surface area contributed by atoms with Gasteiger partial charge in [0.15, 0.2) is 0 Å². The number of aryl methyl sites for hydroxylation is 1. The van der Waals surface area contributed by atoms with E-state index in [4.69, 9.17) is 5.11 Å². The van der Waals surface area contributed by atoms with Crippen molar-refractivity contribution >= 4 is 12.0 Å². The van der Waals surface area contributed by atoms with Gasteiger partial charge in [0, 0.05) is 18.7 Å². The molecule has 1 aromatic rings. The Labute approximate surface area is 109 Å². The van der Waals surface area contributed by atoms with Crippen LogP contribution in [0.3, 0.4) is 0 Å². The van der Waals surface area contributed by atoms with Gasteiger partial charge >= 0.3 is 0 Å². The highest BCUT2D eigenvalue weighted by molar-refractivity contribution is 5.91. The van der Waals surface area contributed by atoms with E-state index < -0.39 is 0 Å². The number of carbonyl (C=O) groups is 1. The zero-order valence-electron chi connectivity index (χ0n) is 11.0. The third-order valence-electron chi connectivity index (χ3n) is 2.69. The molecule has 0 aliphatic carbocycles. The first-order valence-electron chi connectivity index (χ1n) is 6.28. The Morgan fingerprint density at radius 1 is 1.39 bits per heavy atom. The summed E-state index contributed by atoms with van der Waals surface area (Å²) in [5.74, 6) is -0.0963. The van der Waals surface area contributed by atoms with Crippen LogP contribution in [0.15, 0.2) is 30.3 Å². The van der Waals surface area contributed by atoms with Crippen molar-refractivity contribution in [3.63, 3.8) is 0 Å². The van der Waals surface area contributed by atoms with Crippen LogP contribution in [0.5, 0.6) is 0 Å². The number of aliphatic hydroxyl groups is 1. The first-order chi connectivity index (χ1) is 8.61. The second-order valence-electron chi connectivity index (χ2n) is 4.52. The third kappa shape index (κ3) is 5.64. The van der Waals surface area contributed by atoms with Gasteiger partial charge in [-0.25, -0.2) is 0 Å². The predicted molar refractivity (Wildman–Crippen MR) is 74.1 cm³/mol. The molecule has 1 unspecified atom stereocenters. The van der Waals surface area contributed by atoms with Gasteiger partial charge in [-0.1, -0.05) is 29.8 Å². The van der Waals surface area contributed by atoms with Crippen molar-refractivity contribution in [2.24, 2.45) is 0 Å². The van der Waals surface area contributed by atoms with Crippen LogP contribution >= 0.6 is 0 Å². The highest BCUT2D eigenvalue weighted by atomic mass is 16.2. The Hall–Kier alpha value is -1.61. The number of hydrogen-bond donors (Lipinski definition) is 2. The molecule has 2 N–H and O–H groups in total. The molecule has 1 atom stereocenters. The van der Waals surface area contributed by atoms with Gasteiger partial charge in [-0.05, 0) is 38.3 Å². The van der Waals surface area contributed by atoms with Crippen LogP contribution in [0.25, 0.3) is 6.08 Å². The van der Waals surface area contributed by atoms with Crippen LogP contribution in [0, 0.1) is 6.92 Å². The Kier molecular flexibility index (Phi) is 6.15. The second kappa shape index (κ2) is 7.67. The Balaban J connectivity index is 2.41. The van der Waals surface area contributed by atoms with E-state index in [0.717, 1.165) is 12.0 Å².